The summed E-state index contributed by atoms with van der Waals surface area (Å²) >= 11 is 0. The number of nitrogens with one attached hydrogen (secondary N) is 3. The Morgan fingerprint density at radius 2 is 1.76 bits per heavy atom. The van der Waals surface area contributed by atoms with Crippen molar-refractivity contribution in [1.82, 2.24) is 9.97 Å². The van der Waals surface area contributed by atoms with Crippen LogP contribution in [-0.4, -0.2) is 25.0 Å². The number of rotatable bonds is 6. The zero-order chi connectivity index (χ0) is 22.9. The number of aromatic nitrogens is 2. The van der Waals surface area contributed by atoms with Gasteiger partial charge in [-0.3, -0.25) is 0 Å². The maximum Gasteiger partial charge on any atom is 0.199 e. The molecule has 166 valence electrons. The Labute approximate surface area is 193 Å². The van der Waals surface area contributed by atoms with Crippen LogP contribution in [0.3, 0.4) is 0 Å². The lowest BCUT2D eigenvalue weighted by atomic mass is 10.1. The minimum Gasteiger partial charge on any atom is -0.494 e. The first-order valence-corrected chi connectivity index (χ1v) is 11.9. The fourth-order valence-corrected chi connectivity index (χ4v) is 4.37. The molecule has 2 aromatic heterocycles. The number of pyridine rings is 1. The van der Waals surface area contributed by atoms with Crippen LogP contribution in [0.1, 0.15) is 6.92 Å². The first-order chi connectivity index (χ1) is 16.0. The van der Waals surface area contributed by atoms with Crippen molar-refractivity contribution in [3.8, 4) is 17.1 Å². The largest absolute Gasteiger partial charge is 0.494 e. The molecule has 33 heavy (non-hydrogen) atoms. The number of nitrogen functional groups attached to an aromatic ring is 1. The molecule has 0 saturated carbocycles. The van der Waals surface area contributed by atoms with Crippen molar-refractivity contribution >= 4 is 55.5 Å². The van der Waals surface area contributed by atoms with Crippen LogP contribution in [0.15, 0.2) is 72.8 Å². The quantitative estimate of drug-likeness (QED) is 0.216. The molecule has 8 heteroatoms. The van der Waals surface area contributed by atoms with Gasteiger partial charge in [0.25, 0.3) is 0 Å². The molecule has 1 atom stereocenters. The van der Waals surface area contributed by atoms with E-state index >= 15 is 0 Å². The molecule has 1 unspecified atom stereocenters. The van der Waals surface area contributed by atoms with Gasteiger partial charge < -0.3 is 25.9 Å². The summed E-state index contributed by atoms with van der Waals surface area (Å²) in [4.78, 5) is 7.85. The van der Waals surface area contributed by atoms with Gasteiger partial charge in [0.1, 0.15) is 11.0 Å². The number of aromatic amines is 1. The summed E-state index contributed by atoms with van der Waals surface area (Å²) in [5.41, 5.74) is 11.7. The molecule has 0 saturated heterocycles. The summed E-state index contributed by atoms with van der Waals surface area (Å²) < 4.78 is 15.0. The third-order valence-electron chi connectivity index (χ3n) is 5.43. The molecule has 5 aromatic rings. The van der Waals surface area contributed by atoms with Crippen LogP contribution in [-0.2, 0) is 11.0 Å². The van der Waals surface area contributed by atoms with Crippen LogP contribution in [0.4, 0.5) is 22.7 Å². The number of benzene rings is 3. The van der Waals surface area contributed by atoms with E-state index in [1.165, 1.54) is 0 Å². The van der Waals surface area contributed by atoms with E-state index in [1.54, 1.807) is 0 Å². The van der Waals surface area contributed by atoms with Crippen molar-refractivity contribution in [3.63, 3.8) is 0 Å². The number of fused-ring (bicyclic) bond motifs is 2. The van der Waals surface area contributed by atoms with Gasteiger partial charge in [-0.1, -0.05) is 25.1 Å². The number of hydrogen-bond donors (Lipinski definition) is 5. The second-order valence-electron chi connectivity index (χ2n) is 7.66. The number of H-pyrrole nitrogens is 1. The topological polar surface area (TPSA) is 116 Å². The second-order valence-corrected chi connectivity index (χ2v) is 9.14. The Hall–Kier alpha value is -4.04. The van der Waals surface area contributed by atoms with E-state index in [0.717, 1.165) is 33.2 Å². The Morgan fingerprint density at radius 1 is 1.00 bits per heavy atom. The van der Waals surface area contributed by atoms with Gasteiger partial charge >= 0.3 is 0 Å². The summed E-state index contributed by atoms with van der Waals surface area (Å²) in [6, 6.07) is 22.8. The third-order valence-corrected chi connectivity index (χ3v) is 6.42. The maximum absolute atomic E-state index is 12.0. The van der Waals surface area contributed by atoms with E-state index in [9.17, 15) is 9.32 Å². The minimum atomic E-state index is -1.17. The predicted octanol–water partition coefficient (Wildman–Crippen LogP) is 5.51. The summed E-state index contributed by atoms with van der Waals surface area (Å²) in [7, 11) is -1.17. The number of para-hydroxylation sites is 1. The molecule has 0 amide bonds. The highest BCUT2D eigenvalue weighted by atomic mass is 32.2. The standard InChI is InChI=1S/C25H23N5O2S/c1-2-33(32)30-17-11-12-21-19(13-17)24(25(31)29-21)23-14-22(18-5-3-4-6-20(18)28-23)27-16-9-7-15(26)8-10-16/h3-14,29-31H,2,26H2,1H3,(H,27,28). The summed E-state index contributed by atoms with van der Waals surface area (Å²) in [5.74, 6) is 0.523. The molecule has 0 fully saturated rings. The van der Waals surface area contributed by atoms with Gasteiger partial charge in [-0.05, 0) is 54.6 Å². The van der Waals surface area contributed by atoms with Gasteiger partial charge in [0.15, 0.2) is 5.88 Å². The smallest absolute Gasteiger partial charge is 0.199 e. The molecule has 0 spiro atoms. The maximum atomic E-state index is 12.0. The SMILES string of the molecule is CCS(=O)Nc1ccc2[nH]c(O)c(-c3cc(Nc4ccc(N)cc4)c4ccccc4n3)c2c1. The molecule has 0 radical (unpaired) electrons. The first kappa shape index (κ1) is 20.8. The molecule has 5 rings (SSSR count). The Balaban J connectivity index is 1.66. The summed E-state index contributed by atoms with van der Waals surface area (Å²) in [6.07, 6.45) is 0. The average Bonchev–Trinajstić information content (AvgIpc) is 3.15. The van der Waals surface area contributed by atoms with Crippen molar-refractivity contribution in [1.29, 1.82) is 0 Å². The van der Waals surface area contributed by atoms with Gasteiger partial charge in [-0.15, -0.1) is 0 Å². The number of nitrogens with two attached hydrogens (primary N) is 1. The highest BCUT2D eigenvalue weighted by Crippen LogP contribution is 2.39. The Kier molecular flexibility index (Phi) is 5.35. The third kappa shape index (κ3) is 4.08. The summed E-state index contributed by atoms with van der Waals surface area (Å²) in [6.45, 7) is 1.85. The highest BCUT2D eigenvalue weighted by molar-refractivity contribution is 7.86. The number of hydrogen-bond acceptors (Lipinski definition) is 5. The Morgan fingerprint density at radius 3 is 2.55 bits per heavy atom. The molecule has 6 N–H and O–H groups in total. The molecule has 2 heterocycles. The molecule has 0 aliphatic rings. The molecule has 0 aliphatic carbocycles. The lowest BCUT2D eigenvalue weighted by molar-refractivity contribution is 0.460. The molecule has 7 nitrogen and oxygen atoms in total. The minimum absolute atomic E-state index is 0.0278. The zero-order valence-corrected chi connectivity index (χ0v) is 18.7. The van der Waals surface area contributed by atoms with Crippen LogP contribution in [0.2, 0.25) is 0 Å². The van der Waals surface area contributed by atoms with Crippen molar-refractivity contribution in [2.75, 3.05) is 21.5 Å². The second kappa shape index (κ2) is 8.48. The van der Waals surface area contributed by atoms with Gasteiger partial charge in [-0.2, -0.15) is 0 Å². The van der Waals surface area contributed by atoms with Crippen LogP contribution < -0.4 is 15.8 Å². The Bertz CT molecular complexity index is 1490. The van der Waals surface area contributed by atoms with Crippen LogP contribution >= 0.6 is 0 Å². The van der Waals surface area contributed by atoms with Gasteiger partial charge in [-0.25, -0.2) is 9.19 Å². The van der Waals surface area contributed by atoms with Gasteiger partial charge in [0.05, 0.1) is 22.5 Å². The van der Waals surface area contributed by atoms with E-state index < -0.39 is 11.0 Å². The fourth-order valence-electron chi connectivity index (χ4n) is 3.83. The number of nitrogens with zero attached hydrogens (tertiary/aromatic N) is 1. The summed E-state index contributed by atoms with van der Waals surface area (Å²) in [5, 5.41) is 16.0. The van der Waals surface area contributed by atoms with Gasteiger partial charge in [0.2, 0.25) is 0 Å². The molecule has 0 bridgehead atoms. The van der Waals surface area contributed by atoms with Gasteiger partial charge in [0, 0.05) is 39.1 Å². The van der Waals surface area contributed by atoms with Crippen molar-refractivity contribution in [3.05, 3.63) is 72.8 Å². The number of anilines is 4. The normalized spacial score (nSPS) is 12.2. The fraction of sp³-hybridized carbons (Fsp3) is 0.0800. The van der Waals surface area contributed by atoms with E-state index in [2.05, 4.69) is 15.0 Å². The van der Waals surface area contributed by atoms with Crippen LogP contribution in [0.25, 0.3) is 33.1 Å². The molecular formula is C25H23N5O2S. The number of aromatic hydroxyl groups is 1. The van der Waals surface area contributed by atoms with Crippen LogP contribution in [0.5, 0.6) is 5.88 Å². The first-order valence-electron chi connectivity index (χ1n) is 10.5. The average molecular weight is 458 g/mol. The van der Waals surface area contributed by atoms with Crippen molar-refractivity contribution < 1.29 is 9.32 Å². The molecule has 0 aliphatic heterocycles. The molecular weight excluding hydrogens is 434 g/mol. The van der Waals surface area contributed by atoms with Crippen LogP contribution in [0, 0.1) is 0 Å². The highest BCUT2D eigenvalue weighted by Gasteiger charge is 2.17. The van der Waals surface area contributed by atoms with E-state index in [0.29, 0.717) is 28.4 Å². The zero-order valence-electron chi connectivity index (χ0n) is 17.9. The molecule has 3 aromatic carbocycles. The van der Waals surface area contributed by atoms with E-state index in [-0.39, 0.29) is 5.88 Å². The lowest BCUT2D eigenvalue weighted by Crippen LogP contribution is -2.05. The predicted molar refractivity (Wildman–Crippen MR) is 137 cm³/mol. The van der Waals surface area contributed by atoms with E-state index in [1.807, 2.05) is 79.7 Å². The monoisotopic (exact) mass is 457 g/mol. The van der Waals surface area contributed by atoms with Crippen molar-refractivity contribution in [2.45, 2.75) is 6.92 Å². The lowest BCUT2D eigenvalue weighted by Gasteiger charge is -2.13. The van der Waals surface area contributed by atoms with E-state index in [4.69, 9.17) is 10.7 Å². The van der Waals surface area contributed by atoms with Crippen molar-refractivity contribution in [2.24, 2.45) is 0 Å².